The molecule has 0 radical (unpaired) electrons. The Morgan fingerprint density at radius 1 is 1.04 bits per heavy atom. The predicted octanol–water partition coefficient (Wildman–Crippen LogP) is 5.25. The Labute approximate surface area is 148 Å². The zero-order chi connectivity index (χ0) is 19.4. The summed E-state index contributed by atoms with van der Waals surface area (Å²) in [7, 11) is 0. The van der Waals surface area contributed by atoms with Crippen LogP contribution in [-0.2, 0) is 4.79 Å². The molecule has 0 spiro atoms. The molecular formula is C20H15F3O3. The molecule has 0 aromatic heterocycles. The minimum atomic E-state index is -1.24. The monoisotopic (exact) mass is 360 g/mol. The van der Waals surface area contributed by atoms with Crippen LogP contribution < -0.4 is 9.47 Å². The molecule has 6 heteroatoms. The SMILES string of the molecule is C=CC(=C)Oc1ccc(-c2cc(C)c(OC(=O)C=C)c(F)c2)c(F)c1F. The summed E-state index contributed by atoms with van der Waals surface area (Å²) in [5, 5.41) is 0. The van der Waals surface area contributed by atoms with Crippen LogP contribution in [0.1, 0.15) is 5.56 Å². The zero-order valence-electron chi connectivity index (χ0n) is 13.9. The van der Waals surface area contributed by atoms with Crippen LogP contribution in [0.3, 0.4) is 0 Å². The van der Waals surface area contributed by atoms with Crippen LogP contribution >= 0.6 is 0 Å². The first-order chi connectivity index (χ1) is 12.3. The average molecular weight is 360 g/mol. The van der Waals surface area contributed by atoms with Gasteiger partial charge >= 0.3 is 5.97 Å². The maximum absolute atomic E-state index is 14.4. The average Bonchev–Trinajstić information content (AvgIpc) is 2.61. The summed E-state index contributed by atoms with van der Waals surface area (Å²) in [5.41, 5.74) is 0.127. The van der Waals surface area contributed by atoms with Gasteiger partial charge in [-0.3, -0.25) is 0 Å². The van der Waals surface area contributed by atoms with Crippen molar-refractivity contribution in [1.82, 2.24) is 0 Å². The lowest BCUT2D eigenvalue weighted by Crippen LogP contribution is -2.06. The third kappa shape index (κ3) is 3.85. The van der Waals surface area contributed by atoms with Crippen molar-refractivity contribution >= 4 is 5.97 Å². The highest BCUT2D eigenvalue weighted by Crippen LogP contribution is 2.34. The number of carbonyl (C=O) groups is 1. The van der Waals surface area contributed by atoms with Gasteiger partial charge in [0.1, 0.15) is 5.76 Å². The molecule has 0 bridgehead atoms. The lowest BCUT2D eigenvalue weighted by molar-refractivity contribution is -0.129. The predicted molar refractivity (Wildman–Crippen MR) is 92.3 cm³/mol. The molecule has 2 aromatic rings. The van der Waals surface area contributed by atoms with Crippen LogP contribution in [0.2, 0.25) is 0 Å². The van der Waals surface area contributed by atoms with Gasteiger partial charge in [-0.2, -0.15) is 4.39 Å². The first-order valence-electron chi connectivity index (χ1n) is 7.40. The van der Waals surface area contributed by atoms with Crippen molar-refractivity contribution in [3.63, 3.8) is 0 Å². The minimum absolute atomic E-state index is 0.0475. The molecule has 0 aliphatic carbocycles. The number of aryl methyl sites for hydroxylation is 1. The Morgan fingerprint density at radius 3 is 2.31 bits per heavy atom. The Balaban J connectivity index is 2.47. The lowest BCUT2D eigenvalue weighted by atomic mass is 10.0. The third-order valence-corrected chi connectivity index (χ3v) is 3.43. The first-order valence-corrected chi connectivity index (χ1v) is 7.40. The van der Waals surface area contributed by atoms with Gasteiger partial charge in [-0.25, -0.2) is 13.6 Å². The second-order valence-corrected chi connectivity index (χ2v) is 5.24. The largest absolute Gasteiger partial charge is 0.455 e. The molecule has 26 heavy (non-hydrogen) atoms. The Bertz CT molecular complexity index is 894. The lowest BCUT2D eigenvalue weighted by Gasteiger charge is -2.12. The van der Waals surface area contributed by atoms with Crippen molar-refractivity contribution in [2.24, 2.45) is 0 Å². The summed E-state index contributed by atoms with van der Waals surface area (Å²) in [4.78, 5) is 11.2. The van der Waals surface area contributed by atoms with Gasteiger partial charge in [0.25, 0.3) is 0 Å². The van der Waals surface area contributed by atoms with Crippen molar-refractivity contribution in [3.05, 3.63) is 84.9 Å². The van der Waals surface area contributed by atoms with Crippen molar-refractivity contribution in [1.29, 1.82) is 0 Å². The summed E-state index contributed by atoms with van der Waals surface area (Å²) in [6.07, 6.45) is 2.13. The summed E-state index contributed by atoms with van der Waals surface area (Å²) < 4.78 is 52.7. The molecule has 0 heterocycles. The van der Waals surface area contributed by atoms with Crippen molar-refractivity contribution in [3.8, 4) is 22.6 Å². The zero-order valence-corrected chi connectivity index (χ0v) is 13.9. The van der Waals surface area contributed by atoms with Gasteiger partial charge in [0.05, 0.1) is 0 Å². The van der Waals surface area contributed by atoms with Crippen LogP contribution in [0.4, 0.5) is 13.2 Å². The van der Waals surface area contributed by atoms with Crippen molar-refractivity contribution in [2.45, 2.75) is 6.92 Å². The third-order valence-electron chi connectivity index (χ3n) is 3.43. The van der Waals surface area contributed by atoms with E-state index in [9.17, 15) is 18.0 Å². The summed E-state index contributed by atoms with van der Waals surface area (Å²) in [6, 6.07) is 4.75. The van der Waals surface area contributed by atoms with Crippen LogP contribution in [0.5, 0.6) is 11.5 Å². The van der Waals surface area contributed by atoms with Gasteiger partial charge in [-0.05, 0) is 48.4 Å². The molecule has 0 atom stereocenters. The number of esters is 1. The molecule has 2 aromatic carbocycles. The molecule has 0 saturated carbocycles. The molecule has 0 aliphatic heterocycles. The number of carbonyl (C=O) groups excluding carboxylic acids is 1. The van der Waals surface area contributed by atoms with E-state index in [1.54, 1.807) is 0 Å². The second-order valence-electron chi connectivity index (χ2n) is 5.24. The molecule has 0 fully saturated rings. The van der Waals surface area contributed by atoms with Gasteiger partial charge in [0.15, 0.2) is 23.1 Å². The maximum Gasteiger partial charge on any atom is 0.335 e. The molecule has 0 N–H and O–H groups in total. The Hall–Kier alpha value is -3.28. The number of hydrogen-bond donors (Lipinski definition) is 0. The van der Waals surface area contributed by atoms with Gasteiger partial charge in [0, 0.05) is 11.6 Å². The second kappa shape index (κ2) is 7.74. The van der Waals surface area contributed by atoms with E-state index in [1.165, 1.54) is 31.2 Å². The fourth-order valence-corrected chi connectivity index (χ4v) is 2.17. The molecule has 0 saturated heterocycles. The van der Waals surface area contributed by atoms with Gasteiger partial charge in [-0.1, -0.05) is 19.7 Å². The highest BCUT2D eigenvalue weighted by atomic mass is 19.2. The number of ether oxygens (including phenoxy) is 2. The minimum Gasteiger partial charge on any atom is -0.455 e. The van der Waals surface area contributed by atoms with E-state index < -0.39 is 23.4 Å². The van der Waals surface area contributed by atoms with E-state index >= 15 is 0 Å². The quantitative estimate of drug-likeness (QED) is 0.232. The highest BCUT2D eigenvalue weighted by molar-refractivity contribution is 5.84. The molecule has 2 rings (SSSR count). The standard InChI is InChI=1S/C20H15F3O3/c1-5-12(4)25-16-8-7-14(18(22)19(16)23)13-9-11(3)20(15(21)10-13)26-17(24)6-2/h5-10H,1-2,4H2,3H3. The Morgan fingerprint density at radius 2 is 1.73 bits per heavy atom. The number of rotatable bonds is 6. The molecule has 0 amide bonds. The van der Waals surface area contributed by atoms with Gasteiger partial charge < -0.3 is 9.47 Å². The van der Waals surface area contributed by atoms with E-state index in [1.807, 2.05) is 0 Å². The molecule has 134 valence electrons. The summed E-state index contributed by atoms with van der Waals surface area (Å²) in [6.45, 7) is 11.6. The van der Waals surface area contributed by atoms with Crippen LogP contribution in [0.15, 0.2) is 61.9 Å². The summed E-state index contributed by atoms with van der Waals surface area (Å²) >= 11 is 0. The molecule has 0 aliphatic rings. The van der Waals surface area contributed by atoms with Crippen molar-refractivity contribution < 1.29 is 27.4 Å². The molecule has 0 unspecified atom stereocenters. The Kier molecular flexibility index (Phi) is 5.67. The normalized spacial score (nSPS) is 10.2. The van der Waals surface area contributed by atoms with Crippen LogP contribution in [-0.4, -0.2) is 5.97 Å². The fraction of sp³-hybridized carbons (Fsp3) is 0.0500. The summed E-state index contributed by atoms with van der Waals surface area (Å²) in [5.74, 6) is -4.81. The smallest absolute Gasteiger partial charge is 0.335 e. The molecular weight excluding hydrogens is 345 g/mol. The van der Waals surface area contributed by atoms with Gasteiger partial charge in [-0.15, -0.1) is 0 Å². The molecule has 3 nitrogen and oxygen atoms in total. The van der Waals surface area contributed by atoms with Crippen LogP contribution in [0, 0.1) is 24.4 Å². The van der Waals surface area contributed by atoms with E-state index in [0.717, 1.165) is 12.1 Å². The fourth-order valence-electron chi connectivity index (χ4n) is 2.17. The number of halogens is 3. The number of benzene rings is 2. The van der Waals surface area contributed by atoms with E-state index in [2.05, 4.69) is 19.7 Å². The van der Waals surface area contributed by atoms with E-state index in [0.29, 0.717) is 0 Å². The van der Waals surface area contributed by atoms with Gasteiger partial charge in [0.2, 0.25) is 5.82 Å². The van der Waals surface area contributed by atoms with E-state index in [4.69, 9.17) is 9.47 Å². The first kappa shape index (κ1) is 19.1. The number of allylic oxidation sites excluding steroid dienone is 1. The van der Waals surface area contributed by atoms with Crippen molar-refractivity contribution in [2.75, 3.05) is 0 Å². The van der Waals surface area contributed by atoms with Crippen LogP contribution in [0.25, 0.3) is 11.1 Å². The van der Waals surface area contributed by atoms with E-state index in [-0.39, 0.29) is 33.9 Å². The number of hydrogen-bond acceptors (Lipinski definition) is 3. The topological polar surface area (TPSA) is 35.5 Å². The maximum atomic E-state index is 14.4. The highest BCUT2D eigenvalue weighted by Gasteiger charge is 2.19.